The van der Waals surface area contributed by atoms with Gasteiger partial charge in [-0.25, -0.2) is 0 Å². The number of aryl methyl sites for hydroxylation is 1. The molecule has 0 fully saturated rings. The van der Waals surface area contributed by atoms with Gasteiger partial charge in [0.1, 0.15) is 11.5 Å². The summed E-state index contributed by atoms with van der Waals surface area (Å²) >= 11 is 11.2. The zero-order chi connectivity index (χ0) is 27.2. The fourth-order valence-electron chi connectivity index (χ4n) is 4.79. The first kappa shape index (κ1) is 31.3. The van der Waals surface area contributed by atoms with Crippen LogP contribution in [0.5, 0.6) is 11.5 Å². The summed E-state index contributed by atoms with van der Waals surface area (Å²) in [4.78, 5) is 0. The van der Waals surface area contributed by atoms with Crippen LogP contribution in [-0.2, 0) is 6.42 Å². The summed E-state index contributed by atoms with van der Waals surface area (Å²) in [6.45, 7) is 16.8. The lowest BCUT2D eigenvalue weighted by Crippen LogP contribution is -2.30. The molecule has 0 spiro atoms. The van der Waals surface area contributed by atoms with Crippen LogP contribution in [0.3, 0.4) is 0 Å². The van der Waals surface area contributed by atoms with Crippen LogP contribution in [-0.4, -0.2) is 23.4 Å². The van der Waals surface area contributed by atoms with E-state index in [9.17, 15) is 0 Å². The van der Waals surface area contributed by atoms with Gasteiger partial charge in [0.05, 0.1) is 0 Å². The van der Waals surface area contributed by atoms with Gasteiger partial charge in [-0.05, 0) is 100 Å². The number of allylic oxidation sites excluding steroid dienone is 3. The maximum atomic E-state index is 6.39. The van der Waals surface area contributed by atoms with E-state index in [0.29, 0.717) is 16.3 Å². The lowest BCUT2D eigenvalue weighted by Gasteiger charge is -2.33. The van der Waals surface area contributed by atoms with E-state index < -0.39 is 0 Å². The standard InChI is InChI=1S/C31H48N2O2S2/c1-7-10-13-14-24-20-27(34-30(36)32-17-11-8-2)29(26-19-23(6)15-16-25(26)22(4)5)28(21-24)35-31(37)33-18-12-9-3/h19-21,25-26H,4,7-18H2,1-3,5-6H3,(H,32,36)(H,33,37)/t25-,26+/m0/s1. The van der Waals surface area contributed by atoms with Crippen LogP contribution in [0.4, 0.5) is 0 Å². The van der Waals surface area contributed by atoms with Crippen LogP contribution >= 0.6 is 24.4 Å². The van der Waals surface area contributed by atoms with Crippen molar-refractivity contribution in [3.8, 4) is 11.5 Å². The molecule has 2 rings (SSSR count). The first-order valence-corrected chi connectivity index (χ1v) is 15.0. The average Bonchev–Trinajstić information content (AvgIpc) is 2.84. The largest absolute Gasteiger partial charge is 0.431 e. The molecule has 1 aliphatic carbocycles. The second-order valence-corrected chi connectivity index (χ2v) is 11.1. The third-order valence-corrected chi connectivity index (χ3v) is 7.41. The highest BCUT2D eigenvalue weighted by molar-refractivity contribution is 7.80. The second-order valence-electron chi connectivity index (χ2n) is 10.3. The number of rotatable bonds is 14. The molecule has 2 N–H and O–H groups in total. The van der Waals surface area contributed by atoms with Crippen molar-refractivity contribution in [3.63, 3.8) is 0 Å². The van der Waals surface area contributed by atoms with Gasteiger partial charge >= 0.3 is 0 Å². The fourth-order valence-corrected chi connectivity index (χ4v) is 5.17. The van der Waals surface area contributed by atoms with Crippen molar-refractivity contribution in [2.75, 3.05) is 13.1 Å². The van der Waals surface area contributed by atoms with Crippen LogP contribution < -0.4 is 20.1 Å². The van der Waals surface area contributed by atoms with Gasteiger partial charge in [-0.2, -0.15) is 0 Å². The smallest absolute Gasteiger partial charge is 0.262 e. The minimum atomic E-state index is 0.0813. The Hall–Kier alpha value is -1.92. The molecule has 4 nitrogen and oxygen atoms in total. The van der Waals surface area contributed by atoms with Crippen molar-refractivity contribution < 1.29 is 9.47 Å². The van der Waals surface area contributed by atoms with Crippen LogP contribution in [0.2, 0.25) is 0 Å². The Labute approximate surface area is 236 Å². The maximum absolute atomic E-state index is 6.39. The molecule has 1 aliphatic rings. The molecule has 6 heteroatoms. The molecule has 2 atom stereocenters. The molecule has 37 heavy (non-hydrogen) atoms. The zero-order valence-corrected chi connectivity index (χ0v) is 25.3. The van der Waals surface area contributed by atoms with E-state index in [0.717, 1.165) is 81.5 Å². The summed E-state index contributed by atoms with van der Waals surface area (Å²) in [6, 6.07) is 4.32. The van der Waals surface area contributed by atoms with E-state index in [2.05, 4.69) is 70.0 Å². The Morgan fingerprint density at radius 2 is 1.46 bits per heavy atom. The first-order valence-electron chi connectivity index (χ1n) is 14.2. The van der Waals surface area contributed by atoms with Crippen molar-refractivity contribution >= 4 is 34.8 Å². The molecule has 0 amide bonds. The predicted octanol–water partition coefficient (Wildman–Crippen LogP) is 8.54. The Bertz CT molecular complexity index is 896. The van der Waals surface area contributed by atoms with Crippen LogP contribution in [0.25, 0.3) is 0 Å². The van der Waals surface area contributed by atoms with Crippen LogP contribution in [0.1, 0.15) is 109 Å². The van der Waals surface area contributed by atoms with E-state index in [1.165, 1.54) is 29.6 Å². The van der Waals surface area contributed by atoms with Gasteiger partial charge in [0, 0.05) is 24.6 Å². The van der Waals surface area contributed by atoms with Crippen molar-refractivity contribution in [3.05, 3.63) is 47.1 Å². The Morgan fingerprint density at radius 1 is 0.919 bits per heavy atom. The summed E-state index contributed by atoms with van der Waals surface area (Å²) in [5.41, 5.74) is 4.73. The summed E-state index contributed by atoms with van der Waals surface area (Å²) in [5.74, 6) is 1.90. The van der Waals surface area contributed by atoms with Gasteiger partial charge in [0.2, 0.25) is 0 Å². The Morgan fingerprint density at radius 3 is 1.95 bits per heavy atom. The van der Waals surface area contributed by atoms with Crippen molar-refractivity contribution in [2.45, 2.75) is 105 Å². The summed E-state index contributed by atoms with van der Waals surface area (Å²) < 4.78 is 12.8. The number of benzene rings is 1. The lowest BCUT2D eigenvalue weighted by atomic mass is 9.73. The number of thiocarbonyl (C=S) groups is 2. The third-order valence-electron chi connectivity index (χ3n) is 6.95. The molecule has 0 radical (unpaired) electrons. The fraction of sp³-hybridized carbons (Fsp3) is 0.613. The van der Waals surface area contributed by atoms with Gasteiger partial charge in [-0.1, -0.05) is 70.3 Å². The van der Waals surface area contributed by atoms with Crippen molar-refractivity contribution in [1.29, 1.82) is 0 Å². The number of hydrogen-bond acceptors (Lipinski definition) is 4. The predicted molar refractivity (Wildman–Crippen MR) is 166 cm³/mol. The Kier molecular flexibility index (Phi) is 14.2. The molecule has 0 bridgehead atoms. The number of hydrogen-bond donors (Lipinski definition) is 2. The third kappa shape index (κ3) is 10.4. The highest BCUT2D eigenvalue weighted by Gasteiger charge is 2.32. The maximum Gasteiger partial charge on any atom is 0.262 e. The molecular weight excluding hydrogens is 496 g/mol. The topological polar surface area (TPSA) is 42.5 Å². The molecule has 1 aromatic rings. The number of unbranched alkanes of at least 4 members (excludes halogenated alkanes) is 4. The summed E-state index contributed by atoms with van der Waals surface area (Å²) in [6.07, 6.45) is 13.2. The minimum Gasteiger partial charge on any atom is -0.431 e. The van der Waals surface area contributed by atoms with Crippen LogP contribution in [0, 0.1) is 5.92 Å². The van der Waals surface area contributed by atoms with Gasteiger partial charge < -0.3 is 20.1 Å². The molecule has 0 aromatic heterocycles. The monoisotopic (exact) mass is 544 g/mol. The number of nitrogens with one attached hydrogen (secondary N) is 2. The summed E-state index contributed by atoms with van der Waals surface area (Å²) in [7, 11) is 0. The highest BCUT2D eigenvalue weighted by atomic mass is 32.1. The van der Waals surface area contributed by atoms with Gasteiger partial charge in [0.15, 0.2) is 0 Å². The van der Waals surface area contributed by atoms with E-state index in [1.807, 2.05) is 0 Å². The molecule has 1 aromatic carbocycles. The lowest BCUT2D eigenvalue weighted by molar-refractivity contribution is 0.440. The van der Waals surface area contributed by atoms with Crippen LogP contribution in [0.15, 0.2) is 35.9 Å². The zero-order valence-electron chi connectivity index (χ0n) is 23.7. The molecule has 0 aliphatic heterocycles. The van der Waals surface area contributed by atoms with E-state index >= 15 is 0 Å². The SMILES string of the molecule is C=C(C)[C@@H]1CCC(C)=C[C@H]1c1c(OC(=S)NCCCC)cc(CCCCC)cc1OC(=S)NCCCC. The normalized spacial score (nSPS) is 17.1. The molecule has 206 valence electrons. The molecular formula is C31H48N2O2S2. The molecule has 0 saturated heterocycles. The highest BCUT2D eigenvalue weighted by Crippen LogP contribution is 2.47. The Balaban J connectivity index is 2.57. The minimum absolute atomic E-state index is 0.0813. The summed E-state index contributed by atoms with van der Waals surface area (Å²) in [5, 5.41) is 7.34. The number of ether oxygens (including phenoxy) is 2. The quantitative estimate of drug-likeness (QED) is 0.139. The van der Waals surface area contributed by atoms with Crippen molar-refractivity contribution in [2.24, 2.45) is 5.92 Å². The molecule has 0 saturated carbocycles. The molecule has 0 unspecified atom stereocenters. The van der Waals surface area contributed by atoms with Gasteiger partial charge in [0.25, 0.3) is 10.3 Å². The van der Waals surface area contributed by atoms with Gasteiger partial charge in [-0.3, -0.25) is 0 Å². The van der Waals surface area contributed by atoms with Gasteiger partial charge in [-0.15, -0.1) is 0 Å². The van der Waals surface area contributed by atoms with E-state index in [-0.39, 0.29) is 5.92 Å². The average molecular weight is 545 g/mol. The molecule has 0 heterocycles. The van der Waals surface area contributed by atoms with E-state index in [4.69, 9.17) is 33.9 Å². The first-order chi connectivity index (χ1) is 17.8. The second kappa shape index (κ2) is 16.8. The van der Waals surface area contributed by atoms with Crippen molar-refractivity contribution in [1.82, 2.24) is 10.6 Å². The van der Waals surface area contributed by atoms with E-state index in [1.54, 1.807) is 0 Å².